The number of oxime groups is 1. The second-order valence-corrected chi connectivity index (χ2v) is 6.99. The van der Waals surface area contributed by atoms with Crippen molar-refractivity contribution in [2.24, 2.45) is 11.1 Å². The highest BCUT2D eigenvalue weighted by Crippen LogP contribution is 2.18. The molecule has 0 unspecified atom stereocenters. The van der Waals surface area contributed by atoms with Gasteiger partial charge in [-0.1, -0.05) is 29.4 Å². The maximum absolute atomic E-state index is 12.2. The highest BCUT2D eigenvalue weighted by molar-refractivity contribution is 6.11. The molecule has 148 valence electrons. The van der Waals surface area contributed by atoms with Gasteiger partial charge in [0.25, 0.3) is 5.91 Å². The van der Waals surface area contributed by atoms with Crippen LogP contribution in [0.2, 0.25) is 0 Å². The zero-order valence-corrected chi connectivity index (χ0v) is 15.8. The smallest absolute Gasteiger partial charge is 0.341 e. The van der Waals surface area contributed by atoms with E-state index in [0.29, 0.717) is 24.4 Å². The van der Waals surface area contributed by atoms with Crippen molar-refractivity contribution in [1.82, 2.24) is 10.6 Å². The Hall–Kier alpha value is -2.96. The summed E-state index contributed by atoms with van der Waals surface area (Å²) in [5.74, 6) is -0.283. The molecule has 0 saturated heterocycles. The number of amides is 2. The number of nitrogens with zero attached hydrogens (tertiary/aromatic N) is 1. The fourth-order valence-corrected chi connectivity index (χ4v) is 3.22. The average Bonchev–Trinajstić information content (AvgIpc) is 3.17. The summed E-state index contributed by atoms with van der Waals surface area (Å²) in [5, 5.41) is 9.57. The van der Waals surface area contributed by atoms with Crippen LogP contribution in [0.4, 0.5) is 0 Å². The molecule has 1 atom stereocenters. The van der Waals surface area contributed by atoms with E-state index in [9.17, 15) is 14.4 Å². The summed E-state index contributed by atoms with van der Waals surface area (Å²) in [7, 11) is 0. The van der Waals surface area contributed by atoms with E-state index < -0.39 is 0 Å². The van der Waals surface area contributed by atoms with Crippen LogP contribution in [0, 0.1) is 5.92 Å². The van der Waals surface area contributed by atoms with E-state index in [0.717, 1.165) is 37.7 Å². The molecule has 28 heavy (non-hydrogen) atoms. The van der Waals surface area contributed by atoms with Gasteiger partial charge in [0, 0.05) is 24.6 Å². The van der Waals surface area contributed by atoms with Crippen LogP contribution in [0.15, 0.2) is 41.6 Å². The SMILES string of the molecule is O=C1CC(c2ccc(C(=O)NCCCCNC(=O)[C@H]3CC=CCC3)cc2)=NO1. The van der Waals surface area contributed by atoms with E-state index in [2.05, 4.69) is 32.8 Å². The zero-order chi connectivity index (χ0) is 19.8. The number of hydrogen-bond acceptors (Lipinski definition) is 5. The normalized spacial score (nSPS) is 18.4. The summed E-state index contributed by atoms with van der Waals surface area (Å²) in [4.78, 5) is 39.9. The number of nitrogens with one attached hydrogen (secondary N) is 2. The molecular formula is C21H25N3O4. The van der Waals surface area contributed by atoms with Crippen LogP contribution in [0.1, 0.15) is 54.4 Å². The molecule has 0 radical (unpaired) electrons. The molecule has 0 aromatic heterocycles. The van der Waals surface area contributed by atoms with Gasteiger partial charge in [-0.15, -0.1) is 0 Å². The van der Waals surface area contributed by atoms with Crippen LogP contribution in [0.5, 0.6) is 0 Å². The number of carbonyl (C=O) groups is 3. The number of hydrogen-bond donors (Lipinski definition) is 2. The molecule has 0 fully saturated rings. The van der Waals surface area contributed by atoms with E-state index in [4.69, 9.17) is 0 Å². The predicted octanol–water partition coefficient (Wildman–Crippen LogP) is 2.32. The summed E-state index contributed by atoms with van der Waals surface area (Å²) < 4.78 is 0. The van der Waals surface area contributed by atoms with Crippen LogP contribution in [-0.2, 0) is 14.4 Å². The topological polar surface area (TPSA) is 96.9 Å². The first-order valence-corrected chi connectivity index (χ1v) is 9.71. The summed E-state index contributed by atoms with van der Waals surface area (Å²) >= 11 is 0. The van der Waals surface area contributed by atoms with Crippen LogP contribution >= 0.6 is 0 Å². The number of benzene rings is 1. The molecule has 0 bridgehead atoms. The van der Waals surface area contributed by atoms with Gasteiger partial charge in [0.2, 0.25) is 5.91 Å². The molecule has 1 aromatic rings. The Balaban J connectivity index is 1.31. The molecule has 7 nitrogen and oxygen atoms in total. The van der Waals surface area contributed by atoms with E-state index in [-0.39, 0.29) is 30.1 Å². The highest BCUT2D eigenvalue weighted by Gasteiger charge is 2.19. The van der Waals surface area contributed by atoms with Crippen molar-refractivity contribution >= 4 is 23.5 Å². The van der Waals surface area contributed by atoms with Gasteiger partial charge >= 0.3 is 5.97 Å². The van der Waals surface area contributed by atoms with Gasteiger partial charge in [0.1, 0.15) is 0 Å². The quantitative estimate of drug-likeness (QED) is 0.409. The third-order valence-electron chi connectivity index (χ3n) is 4.88. The zero-order valence-electron chi connectivity index (χ0n) is 15.8. The highest BCUT2D eigenvalue weighted by atomic mass is 16.7. The van der Waals surface area contributed by atoms with Gasteiger partial charge in [-0.25, -0.2) is 4.79 Å². The fraction of sp³-hybridized carbons (Fsp3) is 0.429. The minimum Gasteiger partial charge on any atom is -0.356 e. The lowest BCUT2D eigenvalue weighted by atomic mass is 9.94. The molecule has 1 aliphatic carbocycles. The Kier molecular flexibility index (Phi) is 6.94. The van der Waals surface area contributed by atoms with Gasteiger partial charge in [0.05, 0.1) is 12.1 Å². The monoisotopic (exact) mass is 383 g/mol. The molecule has 2 amide bonds. The minimum atomic E-state index is -0.372. The molecule has 7 heteroatoms. The van der Waals surface area contributed by atoms with Crippen LogP contribution < -0.4 is 10.6 Å². The maximum Gasteiger partial charge on any atom is 0.341 e. The van der Waals surface area contributed by atoms with Gasteiger partial charge in [-0.2, -0.15) is 0 Å². The minimum absolute atomic E-state index is 0.104. The molecule has 1 aliphatic heterocycles. The summed E-state index contributed by atoms with van der Waals surface area (Å²) in [5.41, 5.74) is 1.89. The Morgan fingerprint density at radius 1 is 1.07 bits per heavy atom. The Morgan fingerprint density at radius 3 is 2.46 bits per heavy atom. The Morgan fingerprint density at radius 2 is 1.82 bits per heavy atom. The number of rotatable bonds is 8. The average molecular weight is 383 g/mol. The van der Waals surface area contributed by atoms with Crippen molar-refractivity contribution < 1.29 is 19.2 Å². The summed E-state index contributed by atoms with van der Waals surface area (Å²) in [6.45, 7) is 1.18. The Labute approximate surface area is 164 Å². The number of allylic oxidation sites excluding steroid dienone is 2. The fourth-order valence-electron chi connectivity index (χ4n) is 3.22. The van der Waals surface area contributed by atoms with E-state index >= 15 is 0 Å². The third kappa shape index (κ3) is 5.52. The molecule has 3 rings (SSSR count). The predicted molar refractivity (Wildman–Crippen MR) is 105 cm³/mol. The van der Waals surface area contributed by atoms with Crippen LogP contribution in [0.3, 0.4) is 0 Å². The first-order valence-electron chi connectivity index (χ1n) is 9.71. The Bertz CT molecular complexity index is 783. The van der Waals surface area contributed by atoms with Crippen molar-refractivity contribution in [1.29, 1.82) is 0 Å². The van der Waals surface area contributed by atoms with Gasteiger partial charge in [-0.3, -0.25) is 9.59 Å². The van der Waals surface area contributed by atoms with Crippen molar-refractivity contribution in [3.63, 3.8) is 0 Å². The van der Waals surface area contributed by atoms with E-state index in [1.807, 2.05) is 0 Å². The molecule has 0 saturated carbocycles. The van der Waals surface area contributed by atoms with Crippen LogP contribution in [0.25, 0.3) is 0 Å². The summed E-state index contributed by atoms with van der Waals surface area (Å²) in [6, 6.07) is 6.92. The molecule has 0 spiro atoms. The van der Waals surface area contributed by atoms with Crippen molar-refractivity contribution in [2.75, 3.05) is 13.1 Å². The lowest BCUT2D eigenvalue weighted by Gasteiger charge is -2.17. The first kappa shape index (κ1) is 19.8. The van der Waals surface area contributed by atoms with Gasteiger partial charge < -0.3 is 15.5 Å². The van der Waals surface area contributed by atoms with Crippen LogP contribution in [-0.4, -0.2) is 36.6 Å². The molecule has 1 heterocycles. The lowest BCUT2D eigenvalue weighted by Crippen LogP contribution is -2.32. The first-order chi connectivity index (χ1) is 13.6. The third-order valence-corrected chi connectivity index (χ3v) is 4.88. The molecule has 2 N–H and O–H groups in total. The second kappa shape index (κ2) is 9.82. The van der Waals surface area contributed by atoms with Crippen molar-refractivity contribution in [2.45, 2.75) is 38.5 Å². The molecule has 1 aromatic carbocycles. The van der Waals surface area contributed by atoms with Crippen molar-refractivity contribution in [3.8, 4) is 0 Å². The second-order valence-electron chi connectivity index (χ2n) is 6.99. The van der Waals surface area contributed by atoms with E-state index in [1.165, 1.54) is 0 Å². The standard InChI is InChI=1S/C21H25N3O4/c25-19-14-18(24-28-19)15-8-10-17(11-9-15)21(27)23-13-5-4-12-22-20(26)16-6-2-1-3-7-16/h1-2,8-11,16H,3-7,12-14H2,(H,22,26)(H,23,27)/t16-/m0/s1. The van der Waals surface area contributed by atoms with Gasteiger partial charge in [-0.05, 0) is 49.8 Å². The molecular weight excluding hydrogens is 358 g/mol. The largest absolute Gasteiger partial charge is 0.356 e. The maximum atomic E-state index is 12.2. The molecule has 2 aliphatic rings. The number of carbonyl (C=O) groups excluding carboxylic acids is 3. The number of unbranched alkanes of at least 4 members (excludes halogenated alkanes) is 1. The lowest BCUT2D eigenvalue weighted by molar-refractivity contribution is -0.140. The van der Waals surface area contributed by atoms with Gasteiger partial charge in [0.15, 0.2) is 0 Å². The van der Waals surface area contributed by atoms with E-state index in [1.54, 1.807) is 24.3 Å². The van der Waals surface area contributed by atoms with Crippen molar-refractivity contribution in [3.05, 3.63) is 47.5 Å². The summed E-state index contributed by atoms with van der Waals surface area (Å²) in [6.07, 6.45) is 8.70.